The summed E-state index contributed by atoms with van der Waals surface area (Å²) in [7, 11) is 0. The van der Waals surface area contributed by atoms with Gasteiger partial charge in [-0.05, 0) is 123 Å². The largest absolute Gasteiger partial charge is 0.352 e. The summed E-state index contributed by atoms with van der Waals surface area (Å²) in [6.07, 6.45) is 11.5. The molecule has 6 heteroatoms. The van der Waals surface area contributed by atoms with E-state index in [-0.39, 0.29) is 5.91 Å². The first-order valence-electron chi connectivity index (χ1n) is 13.6. The molecule has 1 aromatic heterocycles. The van der Waals surface area contributed by atoms with Gasteiger partial charge in [-0.15, -0.1) is 0 Å². The molecule has 3 aromatic rings. The van der Waals surface area contributed by atoms with Gasteiger partial charge in [0, 0.05) is 23.5 Å². The fourth-order valence-corrected chi connectivity index (χ4v) is 8.19. The summed E-state index contributed by atoms with van der Waals surface area (Å²) in [5.74, 6) is 4.75. The maximum Gasteiger partial charge on any atom is 0.253 e. The predicted octanol–water partition coefficient (Wildman–Crippen LogP) is 9.00. The molecule has 4 fully saturated rings. The lowest BCUT2D eigenvalue weighted by Crippen LogP contribution is -2.45. The Hall–Kier alpha value is -1.94. The van der Waals surface area contributed by atoms with Crippen molar-refractivity contribution in [3.63, 3.8) is 0 Å². The number of carbonyl (C=O) groups excluding carboxylic acids is 1. The van der Waals surface area contributed by atoms with E-state index in [0.717, 1.165) is 65.1 Å². The van der Waals surface area contributed by atoms with E-state index in [9.17, 15) is 4.79 Å². The van der Waals surface area contributed by atoms with Gasteiger partial charge < -0.3 is 9.88 Å². The van der Waals surface area contributed by atoms with E-state index in [1.165, 1.54) is 38.5 Å². The van der Waals surface area contributed by atoms with Crippen LogP contribution in [0, 0.1) is 36.5 Å². The maximum absolute atomic E-state index is 13.4. The predicted molar refractivity (Wildman–Crippen MR) is 153 cm³/mol. The van der Waals surface area contributed by atoms with Crippen molar-refractivity contribution in [1.82, 2.24) is 9.88 Å². The van der Waals surface area contributed by atoms with E-state index >= 15 is 0 Å². The zero-order valence-corrected chi connectivity index (χ0v) is 23.4. The SMILES string of the molecule is Cc1c(C(=O)NCCCC2C3CC4CC(C3)CC2C4)cn(-c2ccc(Cl)c(Cl)c2)c1-c1ccc(Cl)cc1. The second kappa shape index (κ2) is 10.3. The van der Waals surface area contributed by atoms with E-state index in [0.29, 0.717) is 20.6 Å². The molecule has 0 radical (unpaired) electrons. The third-order valence-corrected chi connectivity index (χ3v) is 10.2. The second-order valence-electron chi connectivity index (χ2n) is 11.5. The van der Waals surface area contributed by atoms with Crippen LogP contribution in [-0.4, -0.2) is 17.0 Å². The van der Waals surface area contributed by atoms with Crippen molar-refractivity contribution in [2.24, 2.45) is 29.6 Å². The standard InChI is InChI=1S/C31H33Cl3N2O/c1-18-27(31(37)35-10-2-3-26-22-12-19-11-20(14-22)15-23(26)13-19)17-36(25-8-9-28(33)29(34)16-25)30(18)21-4-6-24(32)7-5-21/h4-9,16-17,19-20,22-23,26H,2-3,10-15H2,1H3,(H,35,37). The van der Waals surface area contributed by atoms with Crippen LogP contribution < -0.4 is 5.32 Å². The molecule has 4 aliphatic carbocycles. The second-order valence-corrected chi connectivity index (χ2v) is 12.7. The van der Waals surface area contributed by atoms with Gasteiger partial charge in [0.15, 0.2) is 0 Å². The fourth-order valence-electron chi connectivity index (χ4n) is 7.77. The van der Waals surface area contributed by atoms with Crippen molar-refractivity contribution in [1.29, 1.82) is 0 Å². The molecule has 0 aliphatic heterocycles. The van der Waals surface area contributed by atoms with Crippen LogP contribution in [-0.2, 0) is 0 Å². The molecule has 0 spiro atoms. The van der Waals surface area contributed by atoms with Crippen LogP contribution in [0.1, 0.15) is 60.9 Å². The van der Waals surface area contributed by atoms with Crippen molar-refractivity contribution >= 4 is 40.7 Å². The summed E-state index contributed by atoms with van der Waals surface area (Å²) < 4.78 is 2.02. The molecule has 1 heterocycles. The Morgan fingerprint density at radius 1 is 0.919 bits per heavy atom. The number of amides is 1. The molecule has 0 saturated heterocycles. The quantitative estimate of drug-likeness (QED) is 0.290. The fraction of sp³-hybridized carbons (Fsp3) is 0.452. The summed E-state index contributed by atoms with van der Waals surface area (Å²) in [5.41, 5.74) is 4.36. The molecule has 4 bridgehead atoms. The van der Waals surface area contributed by atoms with E-state index in [1.807, 2.05) is 54.1 Å². The lowest BCUT2D eigenvalue weighted by molar-refractivity contribution is -0.0401. The lowest BCUT2D eigenvalue weighted by Gasteiger charge is -2.54. The van der Waals surface area contributed by atoms with E-state index in [4.69, 9.17) is 34.8 Å². The van der Waals surface area contributed by atoms with Crippen LogP contribution in [0.4, 0.5) is 0 Å². The number of hydrogen-bond acceptors (Lipinski definition) is 1. The summed E-state index contributed by atoms with van der Waals surface area (Å²) in [6, 6.07) is 13.2. The summed E-state index contributed by atoms with van der Waals surface area (Å²) in [5, 5.41) is 4.86. The van der Waals surface area contributed by atoms with Crippen molar-refractivity contribution in [2.75, 3.05) is 6.54 Å². The van der Waals surface area contributed by atoms with Crippen LogP contribution in [0.15, 0.2) is 48.7 Å². The maximum atomic E-state index is 13.4. The highest BCUT2D eigenvalue weighted by Crippen LogP contribution is 2.57. The van der Waals surface area contributed by atoms with E-state index in [1.54, 1.807) is 6.07 Å². The van der Waals surface area contributed by atoms with Crippen LogP contribution in [0.3, 0.4) is 0 Å². The molecule has 1 amide bonds. The average molecular weight is 556 g/mol. The first-order valence-corrected chi connectivity index (χ1v) is 14.7. The Morgan fingerprint density at radius 3 is 2.24 bits per heavy atom. The Morgan fingerprint density at radius 2 is 1.59 bits per heavy atom. The van der Waals surface area contributed by atoms with Crippen molar-refractivity contribution < 1.29 is 4.79 Å². The van der Waals surface area contributed by atoms with Gasteiger partial charge in [0.25, 0.3) is 5.91 Å². The molecule has 1 N–H and O–H groups in total. The molecule has 0 atom stereocenters. The Labute approximate surface area is 234 Å². The summed E-state index contributed by atoms with van der Waals surface area (Å²) in [4.78, 5) is 13.4. The van der Waals surface area contributed by atoms with Crippen molar-refractivity contribution in [3.8, 4) is 16.9 Å². The highest BCUT2D eigenvalue weighted by molar-refractivity contribution is 6.42. The van der Waals surface area contributed by atoms with E-state index < -0.39 is 0 Å². The minimum absolute atomic E-state index is 0.0309. The number of hydrogen-bond donors (Lipinski definition) is 1. The molecule has 194 valence electrons. The van der Waals surface area contributed by atoms with Crippen molar-refractivity contribution in [3.05, 3.63) is 74.9 Å². The minimum atomic E-state index is -0.0309. The number of benzene rings is 2. The van der Waals surface area contributed by atoms with Gasteiger partial charge in [-0.3, -0.25) is 4.79 Å². The molecular weight excluding hydrogens is 523 g/mol. The Bertz CT molecular complexity index is 1280. The third-order valence-electron chi connectivity index (χ3n) is 9.22. The van der Waals surface area contributed by atoms with Gasteiger partial charge in [-0.2, -0.15) is 0 Å². The number of nitrogens with zero attached hydrogens (tertiary/aromatic N) is 1. The monoisotopic (exact) mass is 554 g/mol. The molecule has 0 unspecified atom stereocenters. The highest BCUT2D eigenvalue weighted by atomic mass is 35.5. The van der Waals surface area contributed by atoms with Crippen LogP contribution in [0.2, 0.25) is 15.1 Å². The van der Waals surface area contributed by atoms with Crippen LogP contribution in [0.5, 0.6) is 0 Å². The highest BCUT2D eigenvalue weighted by Gasteiger charge is 2.47. The van der Waals surface area contributed by atoms with Crippen molar-refractivity contribution in [2.45, 2.75) is 51.9 Å². The number of aromatic nitrogens is 1. The Balaban J connectivity index is 1.19. The van der Waals surface area contributed by atoms with Gasteiger partial charge in [0.05, 0.1) is 21.3 Å². The lowest BCUT2D eigenvalue weighted by atomic mass is 9.51. The number of nitrogens with one attached hydrogen (secondary N) is 1. The third kappa shape index (κ3) is 4.95. The zero-order chi connectivity index (χ0) is 25.7. The van der Waals surface area contributed by atoms with Crippen LogP contribution >= 0.6 is 34.8 Å². The molecule has 7 rings (SSSR count). The first-order chi connectivity index (χ1) is 17.9. The molecule has 4 aliphatic rings. The minimum Gasteiger partial charge on any atom is -0.352 e. The zero-order valence-electron chi connectivity index (χ0n) is 21.2. The topological polar surface area (TPSA) is 34.0 Å². The normalized spacial score (nSPS) is 26.0. The van der Waals surface area contributed by atoms with Gasteiger partial charge in [-0.25, -0.2) is 0 Å². The first kappa shape index (κ1) is 25.3. The van der Waals surface area contributed by atoms with Gasteiger partial charge in [0.1, 0.15) is 0 Å². The van der Waals surface area contributed by atoms with Gasteiger partial charge in [0.2, 0.25) is 0 Å². The molecular formula is C31H33Cl3N2O. The summed E-state index contributed by atoms with van der Waals surface area (Å²) >= 11 is 18.7. The average Bonchev–Trinajstić information content (AvgIpc) is 3.22. The summed E-state index contributed by atoms with van der Waals surface area (Å²) in [6.45, 7) is 2.72. The number of rotatable bonds is 7. The molecule has 2 aromatic carbocycles. The van der Waals surface area contributed by atoms with Gasteiger partial charge in [-0.1, -0.05) is 46.9 Å². The molecule has 3 nitrogen and oxygen atoms in total. The van der Waals surface area contributed by atoms with E-state index in [2.05, 4.69) is 5.32 Å². The van der Waals surface area contributed by atoms with Gasteiger partial charge >= 0.3 is 0 Å². The Kier molecular flexibility index (Phi) is 7.07. The number of carbonyl (C=O) groups is 1. The molecule has 4 saturated carbocycles. The molecule has 37 heavy (non-hydrogen) atoms. The van der Waals surface area contributed by atoms with Crippen LogP contribution in [0.25, 0.3) is 16.9 Å². The smallest absolute Gasteiger partial charge is 0.253 e. The number of halogens is 3.